The maximum Gasteiger partial charge on any atom is 0.416 e. The molecule has 212 valence electrons. The van der Waals surface area contributed by atoms with Gasteiger partial charge in [0.1, 0.15) is 5.82 Å². The third-order valence-corrected chi connectivity index (χ3v) is 9.17. The predicted molar refractivity (Wildman–Crippen MR) is 144 cm³/mol. The molecule has 3 aliphatic rings. The van der Waals surface area contributed by atoms with Crippen molar-refractivity contribution in [3.8, 4) is 0 Å². The van der Waals surface area contributed by atoms with E-state index in [-0.39, 0.29) is 23.5 Å². The van der Waals surface area contributed by atoms with E-state index in [2.05, 4.69) is 33.6 Å². The van der Waals surface area contributed by atoms with Crippen LogP contribution in [0.3, 0.4) is 0 Å². The Morgan fingerprint density at radius 3 is 2.08 bits per heavy atom. The average molecular weight is 544 g/mol. The Kier molecular flexibility index (Phi) is 7.52. The molecule has 1 saturated carbocycles. The minimum absolute atomic E-state index is 0.00836. The zero-order valence-electron chi connectivity index (χ0n) is 23.7. The summed E-state index contributed by atoms with van der Waals surface area (Å²) in [7, 11) is 0. The van der Waals surface area contributed by atoms with Crippen LogP contribution in [0.2, 0.25) is 0 Å². The van der Waals surface area contributed by atoms with Crippen molar-refractivity contribution in [2.75, 3.05) is 32.7 Å². The van der Waals surface area contributed by atoms with Crippen LogP contribution in [-0.4, -0.2) is 74.9 Å². The lowest BCUT2D eigenvalue weighted by molar-refractivity contribution is -0.137. The van der Waals surface area contributed by atoms with Crippen LogP contribution < -0.4 is 0 Å². The number of benzene rings is 1. The molecule has 2 atom stereocenters. The summed E-state index contributed by atoms with van der Waals surface area (Å²) in [6.45, 7) is 14.3. The van der Waals surface area contributed by atoms with Crippen molar-refractivity contribution in [1.29, 1.82) is 0 Å². The Balaban J connectivity index is 1.23. The first-order valence-corrected chi connectivity index (χ1v) is 14.2. The maximum atomic E-state index is 13.4. The quantitative estimate of drug-likeness (QED) is 0.494. The second-order valence-corrected chi connectivity index (χ2v) is 12.0. The monoisotopic (exact) mass is 543 g/mol. The van der Waals surface area contributed by atoms with E-state index in [1.165, 1.54) is 12.1 Å². The number of piperazine rings is 1. The first-order valence-electron chi connectivity index (χ1n) is 14.2. The molecule has 0 radical (unpaired) electrons. The molecule has 2 aromatic rings. The molecular weight excluding hydrogens is 503 g/mol. The molecule has 1 aromatic carbocycles. The van der Waals surface area contributed by atoms with Gasteiger partial charge < -0.3 is 4.90 Å². The Morgan fingerprint density at radius 1 is 0.974 bits per heavy atom. The van der Waals surface area contributed by atoms with Gasteiger partial charge in [0, 0.05) is 50.3 Å². The van der Waals surface area contributed by atoms with Gasteiger partial charge >= 0.3 is 6.18 Å². The van der Waals surface area contributed by atoms with Gasteiger partial charge in [-0.1, -0.05) is 12.1 Å². The van der Waals surface area contributed by atoms with Gasteiger partial charge in [-0.2, -0.15) is 13.2 Å². The lowest BCUT2D eigenvalue weighted by Gasteiger charge is -2.53. The highest BCUT2D eigenvalue weighted by Crippen LogP contribution is 2.46. The third kappa shape index (κ3) is 5.71. The van der Waals surface area contributed by atoms with Crippen molar-refractivity contribution in [1.82, 2.24) is 24.7 Å². The molecule has 3 fully saturated rings. The van der Waals surface area contributed by atoms with Gasteiger partial charge in [-0.3, -0.25) is 14.6 Å². The van der Waals surface area contributed by atoms with Crippen molar-refractivity contribution in [2.24, 2.45) is 5.92 Å². The smallest absolute Gasteiger partial charge is 0.338 e. The zero-order chi connectivity index (χ0) is 28.1. The van der Waals surface area contributed by atoms with E-state index in [9.17, 15) is 18.0 Å². The second-order valence-electron chi connectivity index (χ2n) is 12.0. The van der Waals surface area contributed by atoms with Crippen LogP contribution in [-0.2, 0) is 6.18 Å². The van der Waals surface area contributed by atoms with Crippen molar-refractivity contribution in [3.05, 3.63) is 58.2 Å². The van der Waals surface area contributed by atoms with Crippen LogP contribution in [0.4, 0.5) is 13.2 Å². The predicted octanol–water partition coefficient (Wildman–Crippen LogP) is 5.57. The molecule has 1 aromatic heterocycles. The van der Waals surface area contributed by atoms with E-state index in [0.29, 0.717) is 30.4 Å². The number of hydrogen-bond donors (Lipinski definition) is 0. The van der Waals surface area contributed by atoms with Gasteiger partial charge in [-0.25, -0.2) is 9.97 Å². The van der Waals surface area contributed by atoms with Crippen molar-refractivity contribution in [3.63, 3.8) is 0 Å². The fraction of sp³-hybridized carbons (Fsp3) is 0.633. The SMILES string of the molecule is Cc1nc(C)c(C(=O)N2CCC(C)(N3CCN(C(c4ccc(C(F)(F)F)cc4)C4CC4)C(C)C3)CC2)c(C)n1. The summed E-state index contributed by atoms with van der Waals surface area (Å²) in [4.78, 5) is 29.2. The minimum atomic E-state index is -4.31. The van der Waals surface area contributed by atoms with Crippen LogP contribution in [0.5, 0.6) is 0 Å². The Bertz CT molecular complexity index is 1180. The molecule has 2 unspecified atom stereocenters. The van der Waals surface area contributed by atoms with Gasteiger partial charge in [0.05, 0.1) is 22.5 Å². The number of amides is 1. The number of piperidine rings is 1. The maximum absolute atomic E-state index is 13.4. The van der Waals surface area contributed by atoms with Gasteiger partial charge in [-0.05, 0) is 83.9 Å². The van der Waals surface area contributed by atoms with Crippen molar-refractivity contribution >= 4 is 5.91 Å². The first kappa shape index (κ1) is 28.0. The molecule has 9 heteroatoms. The lowest BCUT2D eigenvalue weighted by Crippen LogP contribution is -2.62. The number of rotatable bonds is 5. The molecule has 0 bridgehead atoms. The molecule has 1 aliphatic carbocycles. The van der Waals surface area contributed by atoms with Crippen molar-refractivity contribution < 1.29 is 18.0 Å². The second kappa shape index (κ2) is 10.5. The number of halogens is 3. The van der Waals surface area contributed by atoms with E-state index in [1.807, 2.05) is 25.7 Å². The van der Waals surface area contributed by atoms with Crippen LogP contribution in [0.25, 0.3) is 0 Å². The van der Waals surface area contributed by atoms with Crippen LogP contribution in [0, 0.1) is 26.7 Å². The number of aromatic nitrogens is 2. The summed E-state index contributed by atoms with van der Waals surface area (Å²) in [5.74, 6) is 1.22. The standard InChI is InChI=1S/C30H40F3N5O/c1-19-18-37(16-17-38(19)27(23-6-7-23)24-8-10-25(11-9-24)30(31,32)33)29(5)12-14-36(15-13-29)28(39)26-20(2)34-22(4)35-21(26)3/h8-11,19,23,27H,6-7,12-18H2,1-5H3. The highest BCUT2D eigenvalue weighted by atomic mass is 19.4. The van der Waals surface area contributed by atoms with Crippen LogP contribution in [0.1, 0.15) is 84.3 Å². The summed E-state index contributed by atoms with van der Waals surface area (Å²) >= 11 is 0. The van der Waals surface area contributed by atoms with Crippen LogP contribution in [0.15, 0.2) is 24.3 Å². The first-order chi connectivity index (χ1) is 18.4. The third-order valence-electron chi connectivity index (χ3n) is 9.17. The number of carbonyl (C=O) groups excluding carboxylic acids is 1. The molecule has 2 saturated heterocycles. The molecule has 3 heterocycles. The minimum Gasteiger partial charge on any atom is -0.338 e. The number of likely N-dealkylation sites (tertiary alicyclic amines) is 1. The fourth-order valence-corrected chi connectivity index (χ4v) is 6.75. The van der Waals surface area contributed by atoms with E-state index >= 15 is 0 Å². The largest absolute Gasteiger partial charge is 0.416 e. The Morgan fingerprint density at radius 2 is 1.56 bits per heavy atom. The van der Waals surface area contributed by atoms with Crippen LogP contribution >= 0.6 is 0 Å². The van der Waals surface area contributed by atoms with E-state index in [1.54, 1.807) is 12.1 Å². The number of hydrogen-bond acceptors (Lipinski definition) is 5. The summed E-state index contributed by atoms with van der Waals surface area (Å²) in [6, 6.07) is 6.28. The van der Waals surface area contributed by atoms with Gasteiger partial charge in [0.2, 0.25) is 0 Å². The number of carbonyl (C=O) groups is 1. The van der Waals surface area contributed by atoms with E-state index in [4.69, 9.17) is 0 Å². The molecule has 0 spiro atoms. The van der Waals surface area contributed by atoms with E-state index < -0.39 is 11.7 Å². The normalized spacial score (nSPS) is 23.6. The topological polar surface area (TPSA) is 52.6 Å². The number of aryl methyl sites for hydroxylation is 3. The molecule has 39 heavy (non-hydrogen) atoms. The Labute approximate surface area is 229 Å². The van der Waals surface area contributed by atoms with Crippen molar-refractivity contribution in [2.45, 2.75) is 84.1 Å². The summed E-state index contributed by atoms with van der Waals surface area (Å²) < 4.78 is 39.4. The van der Waals surface area contributed by atoms with Gasteiger partial charge in [0.25, 0.3) is 5.91 Å². The molecule has 1 amide bonds. The number of nitrogens with zero attached hydrogens (tertiary/aromatic N) is 5. The summed E-state index contributed by atoms with van der Waals surface area (Å²) in [5.41, 5.74) is 2.52. The summed E-state index contributed by atoms with van der Waals surface area (Å²) in [6.07, 6.45) is -0.244. The van der Waals surface area contributed by atoms with Gasteiger partial charge in [0.15, 0.2) is 0 Å². The zero-order valence-corrected chi connectivity index (χ0v) is 23.7. The molecule has 6 nitrogen and oxygen atoms in total. The molecule has 0 N–H and O–H groups in total. The molecule has 2 aliphatic heterocycles. The fourth-order valence-electron chi connectivity index (χ4n) is 6.75. The highest BCUT2D eigenvalue weighted by Gasteiger charge is 2.44. The summed E-state index contributed by atoms with van der Waals surface area (Å²) in [5, 5.41) is 0. The van der Waals surface area contributed by atoms with Gasteiger partial charge in [-0.15, -0.1) is 0 Å². The average Bonchev–Trinajstić information content (AvgIpc) is 3.70. The van der Waals surface area contributed by atoms with E-state index in [0.717, 1.165) is 62.3 Å². The highest BCUT2D eigenvalue weighted by molar-refractivity contribution is 5.96. The lowest BCUT2D eigenvalue weighted by atomic mass is 9.85. The number of alkyl halides is 3. The molecular formula is C30H40F3N5O. The molecule has 5 rings (SSSR count). The Hall–Kier alpha value is -2.52.